The number of benzene rings is 3. The van der Waals surface area contributed by atoms with E-state index in [9.17, 15) is 9.59 Å². The van der Waals surface area contributed by atoms with Crippen molar-refractivity contribution in [2.75, 3.05) is 20.8 Å². The number of hydrazone groups is 1. The average molecular weight is 557 g/mol. The molecule has 4 rings (SSSR count). The van der Waals surface area contributed by atoms with E-state index in [1.807, 2.05) is 12.1 Å². The highest BCUT2D eigenvalue weighted by molar-refractivity contribution is 6.42. The second-order valence-electron chi connectivity index (χ2n) is 7.89. The fourth-order valence-electron chi connectivity index (χ4n) is 3.62. The van der Waals surface area contributed by atoms with Gasteiger partial charge in [0.1, 0.15) is 18.1 Å². The van der Waals surface area contributed by atoms with Crippen LogP contribution in [0.3, 0.4) is 0 Å². The van der Waals surface area contributed by atoms with Gasteiger partial charge in [-0.1, -0.05) is 23.2 Å². The number of carboxylic acid groups (broad SMARTS) is 1. The molecule has 0 atom stereocenters. The number of carboxylic acids is 1. The van der Waals surface area contributed by atoms with Crippen LogP contribution in [0.25, 0.3) is 22.4 Å². The number of carbonyl (C=O) groups is 2. The van der Waals surface area contributed by atoms with Crippen molar-refractivity contribution in [1.82, 2.24) is 15.0 Å². The largest absolute Gasteiger partial charge is 0.497 e. The van der Waals surface area contributed by atoms with Crippen molar-refractivity contribution >= 4 is 52.3 Å². The fraction of sp³-hybridized carbons (Fsp3) is 0.154. The van der Waals surface area contributed by atoms with Crippen molar-refractivity contribution in [1.29, 1.82) is 0 Å². The molecule has 1 amide bonds. The smallest absolute Gasteiger partial charge is 0.341 e. The van der Waals surface area contributed by atoms with Crippen molar-refractivity contribution in [3.63, 3.8) is 0 Å². The summed E-state index contributed by atoms with van der Waals surface area (Å²) >= 11 is 12.4. The van der Waals surface area contributed by atoms with E-state index >= 15 is 0 Å². The van der Waals surface area contributed by atoms with E-state index in [0.717, 1.165) is 5.56 Å². The lowest BCUT2D eigenvalue weighted by Crippen LogP contribution is -2.23. The van der Waals surface area contributed by atoms with Gasteiger partial charge in [0, 0.05) is 5.56 Å². The molecule has 4 aromatic rings. The monoisotopic (exact) mass is 556 g/mol. The van der Waals surface area contributed by atoms with E-state index < -0.39 is 18.5 Å². The molecule has 0 fully saturated rings. The number of nitrogens with one attached hydrogen (secondary N) is 1. The summed E-state index contributed by atoms with van der Waals surface area (Å²) in [5.41, 5.74) is 5.01. The van der Waals surface area contributed by atoms with Crippen molar-refractivity contribution in [2.45, 2.75) is 6.54 Å². The van der Waals surface area contributed by atoms with Gasteiger partial charge in [-0.05, 0) is 60.2 Å². The lowest BCUT2D eigenvalue weighted by atomic mass is 10.2. The third kappa shape index (κ3) is 6.16. The number of nitrogens with zero attached hydrogens (tertiary/aromatic N) is 3. The molecule has 0 saturated carbocycles. The van der Waals surface area contributed by atoms with Crippen molar-refractivity contribution < 1.29 is 28.9 Å². The average Bonchev–Trinajstić information content (AvgIpc) is 3.24. The summed E-state index contributed by atoms with van der Waals surface area (Å²) in [5.74, 6) is 0.277. The summed E-state index contributed by atoms with van der Waals surface area (Å²) in [4.78, 5) is 28.4. The Morgan fingerprint density at radius 3 is 2.45 bits per heavy atom. The van der Waals surface area contributed by atoms with E-state index in [1.54, 1.807) is 54.1 Å². The van der Waals surface area contributed by atoms with E-state index in [2.05, 4.69) is 15.5 Å². The van der Waals surface area contributed by atoms with Crippen LogP contribution in [0.4, 0.5) is 0 Å². The first-order chi connectivity index (χ1) is 18.3. The van der Waals surface area contributed by atoms with Crippen molar-refractivity contribution in [3.05, 3.63) is 70.2 Å². The zero-order chi connectivity index (χ0) is 27.2. The molecule has 0 saturated heterocycles. The van der Waals surface area contributed by atoms with Crippen LogP contribution >= 0.6 is 23.2 Å². The van der Waals surface area contributed by atoms with Crippen LogP contribution in [0.15, 0.2) is 59.7 Å². The maximum atomic E-state index is 12.9. The summed E-state index contributed by atoms with van der Waals surface area (Å²) in [7, 11) is 3.02. The summed E-state index contributed by atoms with van der Waals surface area (Å²) in [6, 6.07) is 15.4. The first-order valence-electron chi connectivity index (χ1n) is 11.1. The molecule has 0 radical (unpaired) electrons. The second-order valence-corrected chi connectivity index (χ2v) is 8.71. The Kier molecular flexibility index (Phi) is 8.35. The number of aromatic nitrogens is 2. The number of hydrogen-bond donors (Lipinski definition) is 2. The zero-order valence-electron chi connectivity index (χ0n) is 20.3. The Balaban J connectivity index is 1.56. The molecule has 1 aromatic heterocycles. The molecule has 196 valence electrons. The molecule has 0 bridgehead atoms. The number of halogens is 2. The predicted molar refractivity (Wildman–Crippen MR) is 144 cm³/mol. The van der Waals surface area contributed by atoms with Crippen LogP contribution in [0.5, 0.6) is 17.2 Å². The van der Waals surface area contributed by atoms with E-state index in [-0.39, 0.29) is 12.3 Å². The summed E-state index contributed by atoms with van der Waals surface area (Å²) in [5, 5.41) is 13.6. The molecule has 2 N–H and O–H groups in total. The predicted octanol–water partition coefficient (Wildman–Crippen LogP) is 4.64. The normalized spacial score (nSPS) is 11.1. The molecule has 10 nitrogen and oxygen atoms in total. The number of carbonyl (C=O) groups excluding carboxylic acids is 1. The first-order valence-corrected chi connectivity index (χ1v) is 11.9. The van der Waals surface area contributed by atoms with Gasteiger partial charge in [-0.15, -0.1) is 0 Å². The van der Waals surface area contributed by atoms with Crippen LogP contribution in [-0.2, 0) is 16.1 Å². The number of hydrogen-bond acceptors (Lipinski definition) is 7. The minimum absolute atomic E-state index is 0.108. The molecule has 3 aromatic carbocycles. The fourth-order valence-corrected chi connectivity index (χ4v) is 3.94. The highest BCUT2D eigenvalue weighted by Gasteiger charge is 2.17. The highest BCUT2D eigenvalue weighted by atomic mass is 35.5. The van der Waals surface area contributed by atoms with Crippen molar-refractivity contribution in [2.24, 2.45) is 5.10 Å². The second kappa shape index (κ2) is 11.8. The van der Waals surface area contributed by atoms with Gasteiger partial charge in [0.2, 0.25) is 0 Å². The van der Waals surface area contributed by atoms with Gasteiger partial charge in [0.25, 0.3) is 5.91 Å². The number of rotatable bonds is 10. The molecule has 0 aliphatic carbocycles. The Labute approximate surface area is 227 Å². The van der Waals surface area contributed by atoms with Gasteiger partial charge < -0.3 is 23.9 Å². The SMILES string of the molecule is COc1ccc(-c2nc3cc(Cl)c(Cl)cc3n2CC(=O)NN=Cc2ccc(OC)c(OCC(=O)O)c2)cc1. The van der Waals surface area contributed by atoms with E-state index in [1.165, 1.54) is 13.3 Å². The quantitative estimate of drug-likeness (QED) is 0.215. The van der Waals surface area contributed by atoms with E-state index in [0.29, 0.717) is 44.0 Å². The van der Waals surface area contributed by atoms with Crippen LogP contribution in [0, 0.1) is 0 Å². The lowest BCUT2D eigenvalue weighted by molar-refractivity contribution is -0.139. The summed E-state index contributed by atoms with van der Waals surface area (Å²) in [6.07, 6.45) is 1.40. The minimum atomic E-state index is -1.12. The molecule has 0 aliphatic rings. The number of fused-ring (bicyclic) bond motifs is 1. The zero-order valence-corrected chi connectivity index (χ0v) is 21.8. The highest BCUT2D eigenvalue weighted by Crippen LogP contribution is 2.32. The maximum absolute atomic E-state index is 12.9. The third-order valence-corrected chi connectivity index (χ3v) is 6.10. The molecule has 1 heterocycles. The Morgan fingerprint density at radius 1 is 1.03 bits per heavy atom. The van der Waals surface area contributed by atoms with Gasteiger partial charge >= 0.3 is 5.97 Å². The van der Waals surface area contributed by atoms with Gasteiger partial charge in [-0.3, -0.25) is 4.79 Å². The molecular formula is C26H22Cl2N4O6. The molecule has 38 heavy (non-hydrogen) atoms. The molecule has 0 spiro atoms. The topological polar surface area (TPSA) is 124 Å². The number of aliphatic carboxylic acids is 1. The van der Waals surface area contributed by atoms with Crippen LogP contribution < -0.4 is 19.6 Å². The van der Waals surface area contributed by atoms with Gasteiger partial charge in [0.15, 0.2) is 18.1 Å². The third-order valence-electron chi connectivity index (χ3n) is 5.38. The van der Waals surface area contributed by atoms with Gasteiger partial charge in [-0.25, -0.2) is 15.2 Å². The van der Waals surface area contributed by atoms with Gasteiger partial charge in [-0.2, -0.15) is 5.10 Å². The van der Waals surface area contributed by atoms with Gasteiger partial charge in [0.05, 0.1) is 41.5 Å². The molecular weight excluding hydrogens is 535 g/mol. The summed E-state index contributed by atoms with van der Waals surface area (Å²) < 4.78 is 17.4. The summed E-state index contributed by atoms with van der Waals surface area (Å²) in [6.45, 7) is -0.638. The maximum Gasteiger partial charge on any atom is 0.341 e. The number of amides is 1. The Bertz CT molecular complexity index is 1520. The molecule has 0 aliphatic heterocycles. The number of methoxy groups -OCH3 is 2. The molecule has 12 heteroatoms. The Morgan fingerprint density at radius 2 is 1.76 bits per heavy atom. The molecule has 0 unspecified atom stereocenters. The number of ether oxygens (including phenoxy) is 3. The van der Waals surface area contributed by atoms with Crippen LogP contribution in [-0.4, -0.2) is 53.6 Å². The Hall–Kier alpha value is -4.28. The first kappa shape index (κ1) is 26.8. The minimum Gasteiger partial charge on any atom is -0.497 e. The van der Waals surface area contributed by atoms with Crippen LogP contribution in [0.2, 0.25) is 10.0 Å². The standard InChI is InChI=1S/C26H22Cl2N4O6/c1-36-17-6-4-16(5-7-17)26-30-20-10-18(27)19(28)11-21(20)32(26)13-24(33)31-29-12-15-3-8-22(37-2)23(9-15)38-14-25(34)35/h3-12H,13-14H2,1-2H3,(H,31,33)(H,34,35). The number of imidazole rings is 1. The lowest BCUT2D eigenvalue weighted by Gasteiger charge is -2.10. The van der Waals surface area contributed by atoms with E-state index in [4.69, 9.17) is 42.5 Å². The van der Waals surface area contributed by atoms with Crippen LogP contribution in [0.1, 0.15) is 5.56 Å². The van der Waals surface area contributed by atoms with Crippen molar-refractivity contribution in [3.8, 4) is 28.6 Å².